The molecule has 0 saturated heterocycles. The Morgan fingerprint density at radius 1 is 1.03 bits per heavy atom. The Morgan fingerprint density at radius 2 is 1.80 bits per heavy atom. The minimum Gasteiger partial charge on any atom is -0.346 e. The largest absolute Gasteiger partial charge is 0.346 e. The molecule has 0 radical (unpaired) electrons. The van der Waals surface area contributed by atoms with Crippen LogP contribution in [-0.2, 0) is 22.6 Å². The molecule has 0 bridgehead atoms. The normalized spacial score (nSPS) is 14.6. The summed E-state index contributed by atoms with van der Waals surface area (Å²) < 4.78 is 0. The summed E-state index contributed by atoms with van der Waals surface area (Å²) in [6, 6.07) is 17.4. The predicted octanol–water partition coefficient (Wildman–Crippen LogP) is 4.26. The fraction of sp³-hybridized carbons (Fsp3) is 0.217. The summed E-state index contributed by atoms with van der Waals surface area (Å²) >= 11 is 7.69. The van der Waals surface area contributed by atoms with Crippen molar-refractivity contribution in [1.82, 2.24) is 10.2 Å². The highest BCUT2D eigenvalue weighted by Crippen LogP contribution is 2.28. The SMILES string of the molecule is O=C(NCC(c1ccsc1)N1CCc2ccccc2C1)C(=O)Nc1ccccc1Cl. The van der Waals surface area contributed by atoms with Gasteiger partial charge in [-0.1, -0.05) is 48.0 Å². The second-order valence-corrected chi connectivity index (χ2v) is 8.39. The lowest BCUT2D eigenvalue weighted by molar-refractivity contribution is -0.136. The van der Waals surface area contributed by atoms with Crippen LogP contribution in [0.3, 0.4) is 0 Å². The first-order valence-electron chi connectivity index (χ1n) is 9.78. The van der Waals surface area contributed by atoms with Gasteiger partial charge in [-0.3, -0.25) is 14.5 Å². The van der Waals surface area contributed by atoms with E-state index in [1.54, 1.807) is 35.6 Å². The maximum absolute atomic E-state index is 12.4. The Hall–Kier alpha value is -2.67. The van der Waals surface area contributed by atoms with Gasteiger partial charge in [0.2, 0.25) is 0 Å². The van der Waals surface area contributed by atoms with Crippen LogP contribution in [0.2, 0.25) is 5.02 Å². The quantitative estimate of drug-likeness (QED) is 0.584. The van der Waals surface area contributed by atoms with Gasteiger partial charge in [-0.05, 0) is 52.1 Å². The molecule has 2 heterocycles. The Labute approximate surface area is 184 Å². The van der Waals surface area contributed by atoms with Crippen LogP contribution < -0.4 is 10.6 Å². The van der Waals surface area contributed by atoms with Crippen LogP contribution in [0, 0.1) is 0 Å². The number of nitrogens with zero attached hydrogens (tertiary/aromatic N) is 1. The highest BCUT2D eigenvalue weighted by molar-refractivity contribution is 7.08. The number of nitrogens with one attached hydrogen (secondary N) is 2. The van der Waals surface area contributed by atoms with Crippen molar-refractivity contribution < 1.29 is 9.59 Å². The average molecular weight is 440 g/mol. The maximum atomic E-state index is 12.4. The van der Waals surface area contributed by atoms with Gasteiger partial charge in [0.15, 0.2) is 0 Å². The Bertz CT molecular complexity index is 1040. The molecule has 4 rings (SSSR count). The van der Waals surface area contributed by atoms with Gasteiger partial charge in [0, 0.05) is 19.6 Å². The van der Waals surface area contributed by atoms with Gasteiger partial charge >= 0.3 is 11.8 Å². The van der Waals surface area contributed by atoms with Gasteiger partial charge in [0.25, 0.3) is 0 Å². The summed E-state index contributed by atoms with van der Waals surface area (Å²) in [5.41, 5.74) is 4.25. The number of anilines is 1. The number of carbonyl (C=O) groups excluding carboxylic acids is 2. The summed E-state index contributed by atoms with van der Waals surface area (Å²) in [6.45, 7) is 2.07. The van der Waals surface area contributed by atoms with Crippen molar-refractivity contribution in [1.29, 1.82) is 0 Å². The van der Waals surface area contributed by atoms with Crippen molar-refractivity contribution in [2.45, 2.75) is 19.0 Å². The number of hydrogen-bond donors (Lipinski definition) is 2. The molecular formula is C23H22ClN3O2S. The Kier molecular flexibility index (Phi) is 6.47. The van der Waals surface area contributed by atoms with E-state index in [1.807, 2.05) is 5.38 Å². The lowest BCUT2D eigenvalue weighted by Gasteiger charge is -2.35. The van der Waals surface area contributed by atoms with Crippen LogP contribution in [0.25, 0.3) is 0 Å². The molecule has 5 nitrogen and oxygen atoms in total. The third-order valence-corrected chi connectivity index (χ3v) is 6.34. The van der Waals surface area contributed by atoms with Crippen LogP contribution in [-0.4, -0.2) is 29.8 Å². The van der Waals surface area contributed by atoms with E-state index in [0.717, 1.165) is 25.1 Å². The molecule has 1 aliphatic rings. The third-order valence-electron chi connectivity index (χ3n) is 5.31. The number of amides is 2. The number of para-hydroxylation sites is 1. The molecule has 30 heavy (non-hydrogen) atoms. The van der Waals surface area contributed by atoms with Crippen LogP contribution in [0.15, 0.2) is 65.4 Å². The molecule has 0 spiro atoms. The van der Waals surface area contributed by atoms with Crippen LogP contribution in [0.4, 0.5) is 5.69 Å². The van der Waals surface area contributed by atoms with E-state index in [4.69, 9.17) is 11.6 Å². The molecule has 0 saturated carbocycles. The monoisotopic (exact) mass is 439 g/mol. The molecule has 3 aromatic rings. The van der Waals surface area contributed by atoms with Crippen molar-refractivity contribution in [2.75, 3.05) is 18.4 Å². The van der Waals surface area contributed by atoms with E-state index >= 15 is 0 Å². The molecule has 7 heteroatoms. The standard InChI is InChI=1S/C23H22ClN3O2S/c24-19-7-3-4-8-20(19)26-23(29)22(28)25-13-21(18-10-12-30-15-18)27-11-9-16-5-1-2-6-17(16)14-27/h1-8,10,12,15,21H,9,11,13-14H2,(H,25,28)(H,26,29). The maximum Gasteiger partial charge on any atom is 0.313 e. The summed E-state index contributed by atoms with van der Waals surface area (Å²) in [4.78, 5) is 27.1. The van der Waals surface area contributed by atoms with E-state index in [1.165, 1.54) is 11.1 Å². The molecule has 0 fully saturated rings. The first-order valence-corrected chi connectivity index (χ1v) is 11.1. The zero-order chi connectivity index (χ0) is 20.9. The molecule has 154 valence electrons. The highest BCUT2D eigenvalue weighted by atomic mass is 35.5. The third kappa shape index (κ3) is 4.73. The average Bonchev–Trinajstić information content (AvgIpc) is 3.30. The smallest absolute Gasteiger partial charge is 0.313 e. The number of hydrogen-bond acceptors (Lipinski definition) is 4. The molecule has 2 amide bonds. The summed E-state index contributed by atoms with van der Waals surface area (Å²) in [5, 5.41) is 9.89. The molecule has 2 N–H and O–H groups in total. The van der Waals surface area contributed by atoms with Crippen LogP contribution in [0.1, 0.15) is 22.7 Å². The second-order valence-electron chi connectivity index (χ2n) is 7.21. The molecule has 1 aromatic heterocycles. The van der Waals surface area contributed by atoms with E-state index in [9.17, 15) is 9.59 Å². The topological polar surface area (TPSA) is 61.4 Å². The summed E-state index contributed by atoms with van der Waals surface area (Å²) in [7, 11) is 0. The van der Waals surface area contributed by atoms with Crippen LogP contribution in [0.5, 0.6) is 0 Å². The number of benzene rings is 2. The van der Waals surface area contributed by atoms with Crippen molar-refractivity contribution in [2.24, 2.45) is 0 Å². The first kappa shape index (κ1) is 20.6. The first-order chi connectivity index (χ1) is 14.6. The number of rotatable bonds is 5. The van der Waals surface area contributed by atoms with Gasteiger partial charge in [0.05, 0.1) is 16.8 Å². The lowest BCUT2D eigenvalue weighted by atomic mass is 9.97. The minimum absolute atomic E-state index is 0.00155. The van der Waals surface area contributed by atoms with E-state index in [2.05, 4.69) is 51.2 Å². The van der Waals surface area contributed by atoms with Crippen molar-refractivity contribution >= 4 is 40.4 Å². The molecular weight excluding hydrogens is 418 g/mol. The van der Waals surface area contributed by atoms with Crippen molar-refractivity contribution in [3.05, 3.63) is 87.1 Å². The van der Waals surface area contributed by atoms with Crippen molar-refractivity contribution in [3.63, 3.8) is 0 Å². The second kappa shape index (κ2) is 9.43. The zero-order valence-corrected chi connectivity index (χ0v) is 17.9. The molecule has 1 unspecified atom stereocenters. The highest BCUT2D eigenvalue weighted by Gasteiger charge is 2.26. The molecule has 2 aromatic carbocycles. The lowest BCUT2D eigenvalue weighted by Crippen LogP contribution is -2.43. The summed E-state index contributed by atoms with van der Waals surface area (Å²) in [5.74, 6) is -1.40. The van der Waals surface area contributed by atoms with Gasteiger partial charge in [-0.25, -0.2) is 0 Å². The fourth-order valence-corrected chi connectivity index (χ4v) is 4.61. The number of halogens is 1. The van der Waals surface area contributed by atoms with Crippen LogP contribution >= 0.6 is 22.9 Å². The summed E-state index contributed by atoms with van der Waals surface area (Å²) in [6.07, 6.45) is 0.970. The van der Waals surface area contributed by atoms with Gasteiger partial charge < -0.3 is 10.6 Å². The molecule has 1 aliphatic heterocycles. The van der Waals surface area contributed by atoms with Gasteiger partial charge in [-0.2, -0.15) is 11.3 Å². The minimum atomic E-state index is -0.726. The Morgan fingerprint density at radius 3 is 2.57 bits per heavy atom. The number of thiophene rings is 1. The number of carbonyl (C=O) groups is 2. The zero-order valence-electron chi connectivity index (χ0n) is 16.3. The Balaban J connectivity index is 1.43. The van der Waals surface area contributed by atoms with Gasteiger partial charge in [-0.15, -0.1) is 0 Å². The predicted molar refractivity (Wildman–Crippen MR) is 121 cm³/mol. The van der Waals surface area contributed by atoms with E-state index in [0.29, 0.717) is 17.3 Å². The molecule has 0 aliphatic carbocycles. The van der Waals surface area contributed by atoms with E-state index < -0.39 is 11.8 Å². The van der Waals surface area contributed by atoms with Gasteiger partial charge in [0.1, 0.15) is 0 Å². The molecule has 1 atom stereocenters. The number of fused-ring (bicyclic) bond motifs is 1. The van der Waals surface area contributed by atoms with Crippen molar-refractivity contribution in [3.8, 4) is 0 Å². The fourth-order valence-electron chi connectivity index (χ4n) is 3.72. The van der Waals surface area contributed by atoms with E-state index in [-0.39, 0.29) is 6.04 Å².